The van der Waals surface area contributed by atoms with Gasteiger partial charge in [0.15, 0.2) is 11.5 Å². The number of aromatic nitrogens is 2. The second kappa shape index (κ2) is 8.02. The minimum Gasteiger partial charge on any atom is -0.483 e. The number of hydrogen-bond acceptors (Lipinski definition) is 7. The third kappa shape index (κ3) is 3.69. The molecule has 1 aromatic carbocycles. The maximum absolute atomic E-state index is 13.8. The molecule has 2 aromatic rings. The van der Waals surface area contributed by atoms with Crippen molar-refractivity contribution in [1.29, 1.82) is 0 Å². The smallest absolute Gasteiger partial charge is 0.296 e. The fourth-order valence-electron chi connectivity index (χ4n) is 5.11. The third-order valence-corrected chi connectivity index (χ3v) is 7.79. The van der Waals surface area contributed by atoms with Crippen molar-refractivity contribution in [2.24, 2.45) is 5.92 Å². The molecule has 7 nitrogen and oxygen atoms in total. The van der Waals surface area contributed by atoms with Crippen LogP contribution in [0.4, 0.5) is 5.13 Å². The van der Waals surface area contributed by atoms with E-state index >= 15 is 0 Å². The zero-order valence-electron chi connectivity index (χ0n) is 19.6. The predicted molar refractivity (Wildman–Crippen MR) is 125 cm³/mol. The first-order valence-electron chi connectivity index (χ1n) is 11.4. The van der Waals surface area contributed by atoms with Crippen LogP contribution in [0.5, 0.6) is 0 Å². The summed E-state index contributed by atoms with van der Waals surface area (Å²) in [5, 5.41) is 9.59. The summed E-state index contributed by atoms with van der Waals surface area (Å²) in [5.74, 6) is -0.402. The maximum atomic E-state index is 13.8. The molecule has 33 heavy (non-hydrogen) atoms. The van der Waals surface area contributed by atoms with Crippen molar-refractivity contribution in [1.82, 2.24) is 10.2 Å². The van der Waals surface area contributed by atoms with E-state index in [0.717, 1.165) is 17.0 Å². The first-order valence-corrected chi connectivity index (χ1v) is 12.2. The van der Waals surface area contributed by atoms with Crippen LogP contribution in [-0.2, 0) is 24.5 Å². The van der Waals surface area contributed by atoms with Gasteiger partial charge in [0.25, 0.3) is 5.91 Å². The van der Waals surface area contributed by atoms with Crippen LogP contribution in [0.15, 0.2) is 35.6 Å². The van der Waals surface area contributed by atoms with E-state index in [1.807, 2.05) is 19.1 Å². The molecule has 1 aliphatic carbocycles. The number of ether oxygens (including phenoxy) is 2. The van der Waals surface area contributed by atoms with E-state index in [1.54, 1.807) is 12.0 Å². The van der Waals surface area contributed by atoms with Crippen molar-refractivity contribution in [3.05, 3.63) is 51.7 Å². The van der Waals surface area contributed by atoms with Crippen molar-refractivity contribution in [2.75, 3.05) is 12.0 Å². The lowest BCUT2D eigenvalue weighted by atomic mass is 9.76. The van der Waals surface area contributed by atoms with Gasteiger partial charge >= 0.3 is 0 Å². The van der Waals surface area contributed by atoms with E-state index in [-0.39, 0.29) is 41.0 Å². The third-order valence-electron chi connectivity index (χ3n) is 6.95. The molecule has 4 atom stereocenters. The zero-order chi connectivity index (χ0) is 23.5. The van der Waals surface area contributed by atoms with Crippen LogP contribution in [0.3, 0.4) is 0 Å². The topological polar surface area (TPSA) is 81.6 Å². The second-order valence-electron chi connectivity index (χ2n) is 10.1. The summed E-state index contributed by atoms with van der Waals surface area (Å²) in [5.41, 5.74) is 2.51. The van der Waals surface area contributed by atoms with Gasteiger partial charge in [0.1, 0.15) is 11.1 Å². The van der Waals surface area contributed by atoms with Crippen LogP contribution in [0.1, 0.15) is 62.2 Å². The first kappa shape index (κ1) is 22.2. The Labute approximate surface area is 197 Å². The number of Topliss-reactive ketones (excluding diaryl/α,β-unsaturated/α-hetero) is 1. The van der Waals surface area contributed by atoms with Crippen LogP contribution >= 0.6 is 11.3 Å². The second-order valence-corrected chi connectivity index (χ2v) is 11.3. The number of carbonyl (C=O) groups excluding carboxylic acids is 2. The van der Waals surface area contributed by atoms with Gasteiger partial charge in [-0.15, -0.1) is 10.2 Å². The fraction of sp³-hybridized carbons (Fsp3) is 0.520. The Balaban J connectivity index is 1.60. The number of nitrogens with zero attached hydrogens (tertiary/aromatic N) is 3. The van der Waals surface area contributed by atoms with E-state index < -0.39 is 6.04 Å². The molecule has 0 N–H and O–H groups in total. The molecular weight excluding hydrogens is 438 g/mol. The molecule has 174 valence electrons. The summed E-state index contributed by atoms with van der Waals surface area (Å²) >= 11 is 1.34. The van der Waals surface area contributed by atoms with Gasteiger partial charge < -0.3 is 9.47 Å². The van der Waals surface area contributed by atoms with Gasteiger partial charge in [-0.1, -0.05) is 56.4 Å². The van der Waals surface area contributed by atoms with Gasteiger partial charge in [0, 0.05) is 13.5 Å². The molecule has 1 amide bonds. The summed E-state index contributed by atoms with van der Waals surface area (Å²) in [7, 11) is 1.68. The van der Waals surface area contributed by atoms with Crippen LogP contribution in [-0.4, -0.2) is 41.2 Å². The summed E-state index contributed by atoms with van der Waals surface area (Å²) in [6.07, 6.45) is 1.83. The van der Waals surface area contributed by atoms with E-state index in [9.17, 15) is 9.59 Å². The van der Waals surface area contributed by atoms with E-state index in [2.05, 4.69) is 43.1 Å². The van der Waals surface area contributed by atoms with Gasteiger partial charge in [-0.05, 0) is 36.3 Å². The van der Waals surface area contributed by atoms with Gasteiger partial charge in [0.2, 0.25) is 5.13 Å². The van der Waals surface area contributed by atoms with Gasteiger partial charge in [-0.25, -0.2) is 0 Å². The number of rotatable bonds is 3. The predicted octanol–water partition coefficient (Wildman–Crippen LogP) is 4.27. The van der Waals surface area contributed by atoms with Crippen LogP contribution in [0.2, 0.25) is 0 Å². The number of benzene rings is 1. The lowest BCUT2D eigenvalue weighted by molar-refractivity contribution is -0.135. The molecule has 0 bridgehead atoms. The lowest BCUT2D eigenvalue weighted by Gasteiger charge is -2.38. The SMILES string of the molecule is COC1CCC2C(=O)C3=C(OC2C1)C(=O)N(c1nnc(C)s1)C3c1ccc(C(C)(C)C)cc1. The molecule has 4 unspecified atom stereocenters. The first-order chi connectivity index (χ1) is 15.7. The highest BCUT2D eigenvalue weighted by Gasteiger charge is 2.54. The minimum atomic E-state index is -0.567. The van der Waals surface area contributed by atoms with Crippen molar-refractivity contribution in [3.8, 4) is 0 Å². The molecule has 3 aliphatic rings. The van der Waals surface area contributed by atoms with Gasteiger partial charge in [-0.3, -0.25) is 14.5 Å². The Hall–Kier alpha value is -2.58. The van der Waals surface area contributed by atoms with Crippen molar-refractivity contribution in [2.45, 2.75) is 70.6 Å². The monoisotopic (exact) mass is 467 g/mol. The van der Waals surface area contributed by atoms with Crippen molar-refractivity contribution in [3.63, 3.8) is 0 Å². The Morgan fingerprint density at radius 1 is 1.12 bits per heavy atom. The summed E-state index contributed by atoms with van der Waals surface area (Å²) in [6, 6.07) is 7.60. The summed E-state index contributed by atoms with van der Waals surface area (Å²) in [4.78, 5) is 29.0. The number of ketones is 1. The van der Waals surface area contributed by atoms with Gasteiger partial charge in [0.05, 0.1) is 23.6 Å². The van der Waals surface area contributed by atoms with Crippen LogP contribution < -0.4 is 4.90 Å². The molecule has 0 saturated heterocycles. The van der Waals surface area contributed by atoms with E-state index in [1.165, 1.54) is 16.9 Å². The lowest BCUT2D eigenvalue weighted by Crippen LogP contribution is -2.43. The number of carbonyl (C=O) groups is 2. The Morgan fingerprint density at radius 3 is 2.45 bits per heavy atom. The highest BCUT2D eigenvalue weighted by Crippen LogP contribution is 2.49. The molecule has 8 heteroatoms. The largest absolute Gasteiger partial charge is 0.483 e. The average Bonchev–Trinajstić information content (AvgIpc) is 3.34. The standard InChI is InChI=1S/C25H29N3O4S/c1-13-26-27-24(33-13)28-20(14-6-8-15(9-7-14)25(2,3)4)19-21(29)17-11-10-16(31-5)12-18(17)32-22(19)23(28)30/h6-9,16-18,20H,10-12H2,1-5H3. The van der Waals surface area contributed by atoms with Gasteiger partial charge in [-0.2, -0.15) is 0 Å². The number of hydrogen-bond donors (Lipinski definition) is 0. The minimum absolute atomic E-state index is 0.00145. The van der Waals surface area contributed by atoms with Crippen molar-refractivity contribution < 1.29 is 19.1 Å². The maximum Gasteiger partial charge on any atom is 0.296 e. The van der Waals surface area contributed by atoms with E-state index in [4.69, 9.17) is 9.47 Å². The highest BCUT2D eigenvalue weighted by molar-refractivity contribution is 7.15. The highest BCUT2D eigenvalue weighted by atomic mass is 32.1. The molecular formula is C25H29N3O4S. The summed E-state index contributed by atoms with van der Waals surface area (Å²) in [6.45, 7) is 8.33. The quantitative estimate of drug-likeness (QED) is 0.671. The summed E-state index contributed by atoms with van der Waals surface area (Å²) < 4.78 is 11.8. The number of fused-ring (bicyclic) bond motifs is 1. The molecule has 3 heterocycles. The number of methoxy groups -OCH3 is 1. The Kier molecular flexibility index (Phi) is 5.40. The molecule has 1 saturated carbocycles. The number of amides is 1. The van der Waals surface area contributed by atoms with Crippen LogP contribution in [0, 0.1) is 12.8 Å². The average molecular weight is 468 g/mol. The fourth-order valence-corrected chi connectivity index (χ4v) is 5.82. The van der Waals surface area contributed by atoms with Crippen molar-refractivity contribution >= 4 is 28.2 Å². The molecule has 5 rings (SSSR count). The number of aryl methyl sites for hydroxylation is 1. The molecule has 2 aliphatic heterocycles. The Bertz CT molecular complexity index is 1130. The van der Waals surface area contributed by atoms with E-state index in [0.29, 0.717) is 23.5 Å². The van der Waals surface area contributed by atoms with Crippen LogP contribution in [0.25, 0.3) is 0 Å². The molecule has 0 radical (unpaired) electrons. The zero-order valence-corrected chi connectivity index (χ0v) is 20.4. The molecule has 1 aromatic heterocycles. The normalized spacial score (nSPS) is 27.5. The molecule has 1 fully saturated rings. The Morgan fingerprint density at radius 2 is 1.85 bits per heavy atom. The molecule has 0 spiro atoms. The number of anilines is 1.